The minimum atomic E-state index is -4.61. The van der Waals surface area contributed by atoms with Crippen LogP contribution in [-0.4, -0.2) is 51.2 Å². The van der Waals surface area contributed by atoms with Crippen molar-refractivity contribution in [1.29, 1.82) is 0 Å². The van der Waals surface area contributed by atoms with Crippen molar-refractivity contribution in [2.45, 2.75) is 19.1 Å². The highest BCUT2D eigenvalue weighted by molar-refractivity contribution is 5.91. The Hall–Kier alpha value is -4.06. The van der Waals surface area contributed by atoms with Crippen LogP contribution in [-0.2, 0) is 28.7 Å². The fraction of sp³-hybridized carbons (Fsp3) is 0.250. The largest absolute Gasteiger partial charge is 0.417 e. The van der Waals surface area contributed by atoms with Crippen LogP contribution in [0.1, 0.15) is 16.8 Å². The van der Waals surface area contributed by atoms with Gasteiger partial charge < -0.3 is 15.0 Å². The monoisotopic (exact) mass is 500 g/mol. The summed E-state index contributed by atoms with van der Waals surface area (Å²) < 4.78 is 60.0. The van der Waals surface area contributed by atoms with Gasteiger partial charge in [-0.1, -0.05) is 18.2 Å². The van der Waals surface area contributed by atoms with Gasteiger partial charge >= 0.3 is 6.18 Å². The second-order valence-corrected chi connectivity index (χ2v) is 8.25. The number of hydrogen-bond donors (Lipinski definition) is 2. The third-order valence-corrected chi connectivity index (χ3v) is 5.92. The lowest BCUT2D eigenvalue weighted by molar-refractivity contribution is -0.137. The first-order valence-electron chi connectivity index (χ1n) is 11.0. The summed E-state index contributed by atoms with van der Waals surface area (Å²) in [6.07, 6.45) is -4.30. The molecule has 186 valence electrons. The summed E-state index contributed by atoms with van der Waals surface area (Å²) >= 11 is 0. The highest BCUT2D eigenvalue weighted by Crippen LogP contribution is 2.38. The predicted molar refractivity (Wildman–Crippen MR) is 123 cm³/mol. The number of nitrogens with zero attached hydrogens (tertiary/aromatic N) is 4. The zero-order valence-corrected chi connectivity index (χ0v) is 19.0. The van der Waals surface area contributed by atoms with E-state index in [0.29, 0.717) is 35.1 Å². The van der Waals surface area contributed by atoms with Crippen molar-refractivity contribution in [3.63, 3.8) is 0 Å². The number of carbonyl (C=O) groups excluding carboxylic acids is 1. The molecule has 2 N–H and O–H groups in total. The summed E-state index contributed by atoms with van der Waals surface area (Å²) in [7, 11) is 1.41. The Kier molecular flexibility index (Phi) is 6.04. The first-order valence-corrected chi connectivity index (χ1v) is 11.0. The number of nitrogens with one attached hydrogen (secondary N) is 2. The molecule has 5 rings (SSSR count). The summed E-state index contributed by atoms with van der Waals surface area (Å²) in [6, 6.07) is 9.15. The predicted octanol–water partition coefficient (Wildman–Crippen LogP) is 4.45. The molecule has 0 radical (unpaired) electrons. The number of benzene rings is 2. The number of ether oxygens (including phenoxy) is 1. The molecule has 0 unspecified atom stereocenters. The Bertz CT molecular complexity index is 1450. The summed E-state index contributed by atoms with van der Waals surface area (Å²) in [5, 5.41) is 10.4. The molecule has 3 heterocycles. The van der Waals surface area contributed by atoms with Crippen LogP contribution in [0.15, 0.2) is 42.5 Å². The Morgan fingerprint density at radius 1 is 1.17 bits per heavy atom. The van der Waals surface area contributed by atoms with E-state index in [1.165, 1.54) is 43.5 Å². The molecule has 12 heteroatoms. The maximum Gasteiger partial charge on any atom is 0.417 e. The zero-order chi connectivity index (χ0) is 25.4. The average molecular weight is 500 g/mol. The van der Waals surface area contributed by atoms with Gasteiger partial charge in [-0.25, -0.2) is 14.4 Å². The Morgan fingerprint density at radius 2 is 1.97 bits per heavy atom. The highest BCUT2D eigenvalue weighted by Gasteiger charge is 2.35. The highest BCUT2D eigenvalue weighted by atomic mass is 19.4. The van der Waals surface area contributed by atoms with E-state index in [0.717, 1.165) is 6.07 Å². The van der Waals surface area contributed by atoms with Crippen molar-refractivity contribution < 1.29 is 27.1 Å². The van der Waals surface area contributed by atoms with Gasteiger partial charge in [0, 0.05) is 36.6 Å². The number of anilines is 2. The van der Waals surface area contributed by atoms with Gasteiger partial charge in [0.25, 0.3) is 0 Å². The maximum atomic E-state index is 13.9. The second kappa shape index (κ2) is 9.19. The summed E-state index contributed by atoms with van der Waals surface area (Å²) in [4.78, 5) is 22.9. The van der Waals surface area contributed by atoms with Crippen LogP contribution in [0.2, 0.25) is 0 Å². The van der Waals surface area contributed by atoms with Crippen molar-refractivity contribution in [2.24, 2.45) is 0 Å². The number of halogens is 4. The van der Waals surface area contributed by atoms with E-state index in [-0.39, 0.29) is 42.1 Å². The number of alkyl halides is 3. The molecule has 0 bridgehead atoms. The summed E-state index contributed by atoms with van der Waals surface area (Å²) in [5.41, 5.74) is 0.558. The van der Waals surface area contributed by atoms with Crippen molar-refractivity contribution in [3.05, 3.63) is 65.1 Å². The molecular formula is C24H20F4N6O2. The molecule has 2 aromatic heterocycles. The van der Waals surface area contributed by atoms with Crippen LogP contribution >= 0.6 is 0 Å². The van der Waals surface area contributed by atoms with E-state index < -0.39 is 17.6 Å². The molecule has 1 aliphatic heterocycles. The fourth-order valence-corrected chi connectivity index (χ4v) is 4.18. The van der Waals surface area contributed by atoms with Crippen LogP contribution in [0.3, 0.4) is 0 Å². The normalized spacial score (nSPS) is 13.6. The summed E-state index contributed by atoms with van der Waals surface area (Å²) in [5.74, 6) is -0.423. The van der Waals surface area contributed by atoms with Gasteiger partial charge in [0.1, 0.15) is 18.2 Å². The number of amides is 1. The molecular weight excluding hydrogens is 480 g/mol. The number of aromatic amines is 1. The van der Waals surface area contributed by atoms with Gasteiger partial charge in [0.05, 0.1) is 23.3 Å². The molecule has 0 saturated heterocycles. The Morgan fingerprint density at radius 3 is 2.75 bits per heavy atom. The molecule has 0 spiro atoms. The maximum absolute atomic E-state index is 13.9. The Labute approximate surface area is 202 Å². The molecule has 36 heavy (non-hydrogen) atoms. The molecule has 0 atom stereocenters. The minimum absolute atomic E-state index is 0.112. The van der Waals surface area contributed by atoms with Gasteiger partial charge in [-0.3, -0.25) is 9.89 Å². The number of carbonyl (C=O) groups is 1. The number of rotatable bonds is 5. The van der Waals surface area contributed by atoms with E-state index in [9.17, 15) is 22.4 Å². The molecule has 1 amide bonds. The molecule has 4 aromatic rings. The zero-order valence-electron chi connectivity index (χ0n) is 19.0. The van der Waals surface area contributed by atoms with Crippen molar-refractivity contribution >= 4 is 28.4 Å². The van der Waals surface area contributed by atoms with E-state index >= 15 is 0 Å². The van der Waals surface area contributed by atoms with E-state index in [1.807, 2.05) is 0 Å². The number of H-pyrrole nitrogens is 1. The third-order valence-electron chi connectivity index (χ3n) is 5.92. The van der Waals surface area contributed by atoms with Crippen LogP contribution in [0.25, 0.3) is 22.3 Å². The minimum Gasteiger partial charge on any atom is -0.375 e. The standard InChI is InChI=1S/C24H20F4N6O2/c1-36-12-20(35)34-9-8-18-16(11-34)22(31-23-15-10-13(25)6-7-19(15)32-33-23)30-21(29-18)14-4-2-3-5-17(14)24(26,27)28/h2-7,10H,8-9,11-12H2,1H3,(H2,29,30,31,32,33). The molecule has 0 fully saturated rings. The molecule has 2 aromatic carbocycles. The third kappa shape index (κ3) is 4.47. The van der Waals surface area contributed by atoms with Gasteiger partial charge in [-0.05, 0) is 24.3 Å². The lowest BCUT2D eigenvalue weighted by atomic mass is 10.0. The molecule has 1 aliphatic rings. The van der Waals surface area contributed by atoms with E-state index in [4.69, 9.17) is 4.74 Å². The average Bonchev–Trinajstić information content (AvgIpc) is 3.25. The summed E-state index contributed by atoms with van der Waals surface area (Å²) in [6.45, 7) is 0.333. The Balaban J connectivity index is 1.64. The number of methoxy groups -OCH3 is 1. The number of hydrogen-bond acceptors (Lipinski definition) is 6. The number of fused-ring (bicyclic) bond motifs is 2. The van der Waals surface area contributed by atoms with Gasteiger partial charge in [0.15, 0.2) is 11.6 Å². The van der Waals surface area contributed by atoms with Crippen molar-refractivity contribution in [3.8, 4) is 11.4 Å². The van der Waals surface area contributed by atoms with Crippen LogP contribution in [0.5, 0.6) is 0 Å². The lowest BCUT2D eigenvalue weighted by Gasteiger charge is -2.29. The smallest absolute Gasteiger partial charge is 0.375 e. The van der Waals surface area contributed by atoms with Crippen molar-refractivity contribution in [2.75, 3.05) is 25.6 Å². The topological polar surface area (TPSA) is 96.0 Å². The lowest BCUT2D eigenvalue weighted by Crippen LogP contribution is -2.38. The second-order valence-electron chi connectivity index (χ2n) is 8.25. The van der Waals surface area contributed by atoms with E-state index in [1.54, 1.807) is 4.90 Å². The molecule has 8 nitrogen and oxygen atoms in total. The fourth-order valence-electron chi connectivity index (χ4n) is 4.18. The van der Waals surface area contributed by atoms with Crippen LogP contribution in [0, 0.1) is 5.82 Å². The number of aromatic nitrogens is 4. The van der Waals surface area contributed by atoms with Gasteiger partial charge in [0.2, 0.25) is 5.91 Å². The SMILES string of the molecule is COCC(=O)N1CCc2nc(-c3ccccc3C(F)(F)F)nc(Nc3n[nH]c4ccc(F)cc34)c2C1. The van der Waals surface area contributed by atoms with Gasteiger partial charge in [-0.15, -0.1) is 0 Å². The van der Waals surface area contributed by atoms with Gasteiger partial charge in [-0.2, -0.15) is 18.3 Å². The molecule has 0 aliphatic carbocycles. The van der Waals surface area contributed by atoms with Crippen molar-refractivity contribution in [1.82, 2.24) is 25.1 Å². The quantitative estimate of drug-likeness (QED) is 0.393. The van der Waals surface area contributed by atoms with Crippen LogP contribution < -0.4 is 5.32 Å². The van der Waals surface area contributed by atoms with E-state index in [2.05, 4.69) is 25.5 Å². The van der Waals surface area contributed by atoms with Crippen LogP contribution in [0.4, 0.5) is 29.2 Å². The first kappa shape index (κ1) is 23.7. The first-order chi connectivity index (χ1) is 17.2. The molecule has 0 saturated carbocycles.